The molecule has 1 aromatic heterocycles. The summed E-state index contributed by atoms with van der Waals surface area (Å²) in [5.41, 5.74) is 16.7. The van der Waals surface area contributed by atoms with Crippen LogP contribution in [0.1, 0.15) is 89.0 Å². The number of ether oxygens (including phenoxy) is 1. The molecule has 0 aliphatic carbocycles. The van der Waals surface area contributed by atoms with Crippen LogP contribution in [-0.4, -0.2) is 90.9 Å². The Morgan fingerprint density at radius 2 is 1.12 bits per heavy atom. The van der Waals surface area contributed by atoms with Crippen LogP contribution in [-0.2, 0) is 28.4 Å². The molecule has 0 saturated carbocycles. The molecule has 2 aliphatic rings. The molecule has 2 atom stereocenters. The van der Waals surface area contributed by atoms with Crippen LogP contribution < -0.4 is 59.6 Å². The van der Waals surface area contributed by atoms with Gasteiger partial charge in [-0.15, -0.1) is 0 Å². The fourth-order valence-corrected chi connectivity index (χ4v) is 7.07. The average Bonchev–Trinajstić information content (AvgIpc) is 3.97. The second-order valence-corrected chi connectivity index (χ2v) is 15.6. The number of anilines is 4. The molecule has 3 aromatic rings. The van der Waals surface area contributed by atoms with Crippen molar-refractivity contribution in [1.82, 2.24) is 20.6 Å². The summed E-state index contributed by atoms with van der Waals surface area (Å²) >= 11 is 0. The molecule has 14 N–H and O–H groups in total. The number of hydrogen-bond acceptors (Lipinski definition) is 11. The number of carbonyl (C=O) groups is 4. The van der Waals surface area contributed by atoms with Crippen molar-refractivity contribution in [2.24, 2.45) is 38.8 Å². The predicted molar refractivity (Wildman–Crippen MR) is 234 cm³/mol. The normalized spacial score (nSPS) is 16.0. The van der Waals surface area contributed by atoms with Gasteiger partial charge in [-0.3, -0.25) is 29.2 Å². The van der Waals surface area contributed by atoms with Crippen LogP contribution in [0.25, 0.3) is 0 Å². The first-order valence-corrected chi connectivity index (χ1v) is 21.0. The van der Waals surface area contributed by atoms with E-state index in [0.29, 0.717) is 70.4 Å². The van der Waals surface area contributed by atoms with Crippen LogP contribution >= 0.6 is 0 Å². The van der Waals surface area contributed by atoms with Gasteiger partial charge in [0, 0.05) is 49.9 Å². The van der Waals surface area contributed by atoms with Gasteiger partial charge in [0.1, 0.15) is 23.8 Å². The molecule has 2 fully saturated rings. The number of nitrogens with one attached hydrogen (secondary N) is 6. The lowest BCUT2D eigenvalue weighted by Crippen LogP contribution is -2.24. The molecule has 0 bridgehead atoms. The minimum Gasteiger partial charge on any atom is -0.485 e. The average molecular weight is 935 g/mol. The molecule has 4 amide bonds. The Kier molecular flexibility index (Phi) is 17.4. The third-order valence-corrected chi connectivity index (χ3v) is 10.3. The van der Waals surface area contributed by atoms with E-state index in [2.05, 4.69) is 51.9 Å². The van der Waals surface area contributed by atoms with E-state index in [1.165, 1.54) is 0 Å². The van der Waals surface area contributed by atoms with Gasteiger partial charge in [-0.05, 0) is 100 Å². The summed E-state index contributed by atoms with van der Waals surface area (Å²) in [6.07, 6.45) is -7.14. The molecule has 2 saturated heterocycles. The first-order chi connectivity index (χ1) is 31.3. The third-order valence-electron chi connectivity index (χ3n) is 10.3. The molecule has 2 aromatic carbocycles. The maximum absolute atomic E-state index is 14.3. The Hall–Kier alpha value is -6.76. The number of aliphatic imine (C=N–C) groups is 2. The van der Waals surface area contributed by atoms with Crippen molar-refractivity contribution < 1.29 is 50.3 Å². The van der Waals surface area contributed by atoms with Gasteiger partial charge in [0.25, 0.3) is 11.8 Å². The Balaban J connectivity index is 1.43. The van der Waals surface area contributed by atoms with Gasteiger partial charge in [-0.25, -0.2) is 9.97 Å². The van der Waals surface area contributed by atoms with Crippen LogP contribution in [0.3, 0.4) is 0 Å². The highest BCUT2D eigenvalue weighted by atomic mass is 19.4. The zero-order chi connectivity index (χ0) is 48.0. The molecule has 2 aliphatic heterocycles. The van der Waals surface area contributed by atoms with Crippen molar-refractivity contribution in [3.63, 3.8) is 0 Å². The molecule has 1 unspecified atom stereocenters. The van der Waals surface area contributed by atoms with E-state index in [0.717, 1.165) is 24.5 Å². The summed E-state index contributed by atoms with van der Waals surface area (Å²) in [5, 5.41) is 16.1. The SMILES string of the molecule is NC(N)=NCCCCC(=O)Nc1cc(C(F)(F)F)cc(NC(=O)c2cc(C(=O)Nc3cc(C(F)(F)F)cc(NC(=O)CCCCN=C(N)N)c3O[C@@H]3CCNC3)ncn2)c1CC1CCNC1. The number of rotatable bonds is 20. The van der Waals surface area contributed by atoms with Crippen molar-refractivity contribution in [2.75, 3.05) is 60.5 Å². The molecule has 0 spiro atoms. The molecule has 5 rings (SSSR count). The van der Waals surface area contributed by atoms with Gasteiger partial charge in [0.05, 0.1) is 22.5 Å². The second kappa shape index (κ2) is 22.9. The second-order valence-electron chi connectivity index (χ2n) is 15.6. The molecule has 19 nitrogen and oxygen atoms in total. The monoisotopic (exact) mass is 934 g/mol. The van der Waals surface area contributed by atoms with Crippen LogP contribution in [0.2, 0.25) is 0 Å². The highest BCUT2D eigenvalue weighted by Gasteiger charge is 2.35. The van der Waals surface area contributed by atoms with Crippen molar-refractivity contribution in [3.05, 3.63) is 64.7 Å². The molecule has 66 heavy (non-hydrogen) atoms. The standard InChI is InChI=1S/C41H52F6N14O5/c42-40(43,44)23-14-27(58-33(62)5-1-3-9-54-38(48)49)26(13-22-7-11-52-19-22)28(15-23)60-36(64)31-18-32(57-21-56-31)37(65)61-30-17-24(41(45,46)47)16-29(35(30)66-25-8-12-53-20-25)59-34(63)6-2-4-10-55-39(50)51/h14-18,21-22,25,52-53H,1-13,19-20H2,(H,58,62)(H,59,63)(H,60,64)(H,61,65)(H4,48,49,54)(H4,50,51,55)/t22?,25-/m1/s1. The Morgan fingerprint density at radius 1 is 0.652 bits per heavy atom. The summed E-state index contributed by atoms with van der Waals surface area (Å²) in [7, 11) is 0. The van der Waals surface area contributed by atoms with Gasteiger partial charge >= 0.3 is 12.4 Å². The summed E-state index contributed by atoms with van der Waals surface area (Å²) in [5.74, 6) is -4.08. The fourth-order valence-electron chi connectivity index (χ4n) is 7.07. The van der Waals surface area contributed by atoms with Crippen molar-refractivity contribution in [2.45, 2.75) is 76.2 Å². The van der Waals surface area contributed by atoms with Gasteiger partial charge in [0.2, 0.25) is 11.8 Å². The van der Waals surface area contributed by atoms with Crippen LogP contribution in [0.15, 0.2) is 46.6 Å². The zero-order valence-corrected chi connectivity index (χ0v) is 35.6. The van der Waals surface area contributed by atoms with E-state index in [9.17, 15) is 45.5 Å². The number of carbonyl (C=O) groups excluding carboxylic acids is 4. The van der Waals surface area contributed by atoms with Gasteiger partial charge in [-0.1, -0.05) is 0 Å². The Morgan fingerprint density at radius 3 is 1.61 bits per heavy atom. The smallest absolute Gasteiger partial charge is 0.416 e. The maximum atomic E-state index is 14.3. The lowest BCUT2D eigenvalue weighted by Gasteiger charge is -2.22. The number of benzene rings is 2. The molecule has 358 valence electrons. The third kappa shape index (κ3) is 15.2. The number of nitrogens with zero attached hydrogens (tertiary/aromatic N) is 4. The maximum Gasteiger partial charge on any atom is 0.416 e. The number of halogens is 6. The minimum atomic E-state index is -4.96. The molecule has 3 heterocycles. The quantitative estimate of drug-likeness (QED) is 0.0335. The van der Waals surface area contributed by atoms with Crippen molar-refractivity contribution in [3.8, 4) is 5.75 Å². The number of hydrogen-bond donors (Lipinski definition) is 10. The van der Waals surface area contributed by atoms with Crippen LogP contribution in [0.4, 0.5) is 49.1 Å². The fraction of sp³-hybridized carbons (Fsp3) is 0.463. The highest BCUT2D eigenvalue weighted by Crippen LogP contribution is 2.42. The number of alkyl halides is 6. The number of amides is 4. The minimum absolute atomic E-state index is 0.0707. The lowest BCUT2D eigenvalue weighted by molar-refractivity contribution is -0.138. The van der Waals surface area contributed by atoms with E-state index in [1.807, 2.05) is 0 Å². The van der Waals surface area contributed by atoms with Crippen molar-refractivity contribution >= 4 is 58.3 Å². The predicted octanol–water partition coefficient (Wildman–Crippen LogP) is 3.68. The first kappa shape index (κ1) is 50.2. The van der Waals surface area contributed by atoms with Crippen LogP contribution in [0, 0.1) is 5.92 Å². The highest BCUT2D eigenvalue weighted by molar-refractivity contribution is 6.08. The Bertz CT molecular complexity index is 2120. The van der Waals surface area contributed by atoms with Crippen molar-refractivity contribution in [1.29, 1.82) is 0 Å². The van der Waals surface area contributed by atoms with E-state index in [-0.39, 0.29) is 85.0 Å². The lowest BCUT2D eigenvalue weighted by atomic mass is 9.94. The summed E-state index contributed by atoms with van der Waals surface area (Å²) in [6.45, 7) is 2.45. The number of unbranched alkanes of at least 4 members (excludes halogenated alkanes) is 2. The number of nitrogens with two attached hydrogens (primary N) is 4. The largest absolute Gasteiger partial charge is 0.485 e. The number of guanidine groups is 2. The zero-order valence-electron chi connectivity index (χ0n) is 35.6. The summed E-state index contributed by atoms with van der Waals surface area (Å²) in [4.78, 5) is 69.1. The molecule has 25 heteroatoms. The van der Waals surface area contributed by atoms with Crippen LogP contribution in [0.5, 0.6) is 5.75 Å². The first-order valence-electron chi connectivity index (χ1n) is 21.0. The van der Waals surface area contributed by atoms with E-state index < -0.39 is 70.3 Å². The van der Waals surface area contributed by atoms with Gasteiger partial charge in [-0.2, -0.15) is 26.3 Å². The van der Waals surface area contributed by atoms with Gasteiger partial charge < -0.3 is 59.6 Å². The molecular weight excluding hydrogens is 883 g/mol. The van der Waals surface area contributed by atoms with E-state index in [4.69, 9.17) is 27.7 Å². The molecule has 0 radical (unpaired) electrons. The number of aromatic nitrogens is 2. The van der Waals surface area contributed by atoms with Gasteiger partial charge in [0.15, 0.2) is 17.7 Å². The summed E-state index contributed by atoms with van der Waals surface area (Å²) in [6, 6.07) is 3.71. The topological polar surface area (TPSA) is 304 Å². The van der Waals surface area contributed by atoms with E-state index >= 15 is 0 Å². The summed E-state index contributed by atoms with van der Waals surface area (Å²) < 4.78 is 92.0. The molecular formula is C41H52F6N14O5. The Labute approximate surface area is 374 Å². The van der Waals surface area contributed by atoms with E-state index in [1.54, 1.807) is 0 Å².